The number of hydrogen-bond acceptors (Lipinski definition) is 3. The van der Waals surface area contributed by atoms with Crippen molar-refractivity contribution >= 4 is 5.91 Å². The van der Waals surface area contributed by atoms with Crippen molar-refractivity contribution in [2.24, 2.45) is 11.3 Å². The number of rotatable bonds is 5. The Balaban J connectivity index is 1.68. The molecular formula is C17H26F3N3O. The molecule has 4 nitrogen and oxygen atoms in total. The molecule has 1 saturated heterocycles. The second-order valence-corrected chi connectivity index (χ2v) is 7.13. The molecule has 0 spiro atoms. The van der Waals surface area contributed by atoms with E-state index in [9.17, 15) is 23.2 Å². The van der Waals surface area contributed by atoms with Crippen LogP contribution in [0, 0.1) is 22.7 Å². The Labute approximate surface area is 141 Å². The van der Waals surface area contributed by atoms with Crippen molar-refractivity contribution in [3.63, 3.8) is 0 Å². The molecule has 1 heterocycles. The average Bonchev–Trinajstić information content (AvgIpc) is 2.55. The molecular weight excluding hydrogens is 319 g/mol. The van der Waals surface area contributed by atoms with Gasteiger partial charge >= 0.3 is 6.18 Å². The predicted octanol–water partition coefficient (Wildman–Crippen LogP) is 3.24. The van der Waals surface area contributed by atoms with Crippen LogP contribution in [-0.4, -0.2) is 43.2 Å². The Morgan fingerprint density at radius 1 is 1.21 bits per heavy atom. The van der Waals surface area contributed by atoms with Gasteiger partial charge in [-0.25, -0.2) is 0 Å². The number of carbonyl (C=O) groups excluding carboxylic acids is 1. The van der Waals surface area contributed by atoms with Crippen molar-refractivity contribution in [3.8, 4) is 6.07 Å². The summed E-state index contributed by atoms with van der Waals surface area (Å²) in [5.74, 6) is 0.179. The lowest BCUT2D eigenvalue weighted by atomic mass is 9.74. The lowest BCUT2D eigenvalue weighted by molar-refractivity contribution is -0.148. The Morgan fingerprint density at radius 3 is 2.38 bits per heavy atom. The van der Waals surface area contributed by atoms with Gasteiger partial charge in [-0.15, -0.1) is 0 Å². The number of nitrogens with zero attached hydrogens (tertiary/aromatic N) is 2. The van der Waals surface area contributed by atoms with Crippen LogP contribution < -0.4 is 5.32 Å². The zero-order valence-electron chi connectivity index (χ0n) is 14.0. The number of piperidine rings is 1. The maximum Gasteiger partial charge on any atom is 0.401 e. The zero-order chi connectivity index (χ0) is 17.6. The summed E-state index contributed by atoms with van der Waals surface area (Å²) in [6.45, 7) is 0.591. The number of carbonyl (C=O) groups is 1. The lowest BCUT2D eigenvalue weighted by Crippen LogP contribution is -2.43. The molecule has 1 N–H and O–H groups in total. The van der Waals surface area contributed by atoms with E-state index in [1.807, 2.05) is 0 Å². The monoisotopic (exact) mass is 345 g/mol. The van der Waals surface area contributed by atoms with Crippen LogP contribution in [-0.2, 0) is 4.79 Å². The minimum Gasteiger partial charge on any atom is -0.355 e. The summed E-state index contributed by atoms with van der Waals surface area (Å²) in [4.78, 5) is 13.8. The average molecular weight is 345 g/mol. The molecule has 2 fully saturated rings. The summed E-state index contributed by atoms with van der Waals surface area (Å²) in [6.07, 6.45) is 2.27. The third kappa shape index (κ3) is 5.37. The summed E-state index contributed by atoms with van der Waals surface area (Å²) in [5.41, 5.74) is -0.867. The molecule has 0 bridgehead atoms. The van der Waals surface area contributed by atoms with Crippen LogP contribution in [0.1, 0.15) is 51.4 Å². The van der Waals surface area contributed by atoms with Gasteiger partial charge in [0.05, 0.1) is 12.6 Å². The molecule has 1 amide bonds. The summed E-state index contributed by atoms with van der Waals surface area (Å²) >= 11 is 0. The number of nitrogens with one attached hydrogen (secondary N) is 1. The smallest absolute Gasteiger partial charge is 0.355 e. The summed E-state index contributed by atoms with van der Waals surface area (Å²) < 4.78 is 37.1. The second kappa shape index (κ2) is 8.19. The fourth-order valence-corrected chi connectivity index (χ4v) is 3.79. The van der Waals surface area contributed by atoms with Gasteiger partial charge in [-0.2, -0.15) is 18.4 Å². The highest BCUT2D eigenvalue weighted by Crippen LogP contribution is 2.35. The normalized spacial score (nSPS) is 22.8. The van der Waals surface area contributed by atoms with Crippen LogP contribution in [0.5, 0.6) is 0 Å². The first-order chi connectivity index (χ1) is 11.3. The summed E-state index contributed by atoms with van der Waals surface area (Å²) in [7, 11) is 0. The SMILES string of the molecule is N#CC1(C(=O)NCCC2CCN(CC(F)(F)F)CC2)CCCCC1. The molecule has 0 atom stereocenters. The molecule has 0 radical (unpaired) electrons. The van der Waals surface area contributed by atoms with Crippen LogP contribution in [0.2, 0.25) is 0 Å². The fraction of sp³-hybridized carbons (Fsp3) is 0.882. The van der Waals surface area contributed by atoms with Gasteiger partial charge in [0.1, 0.15) is 5.41 Å². The van der Waals surface area contributed by atoms with Gasteiger partial charge in [0.15, 0.2) is 0 Å². The first-order valence-corrected chi connectivity index (χ1v) is 8.83. The van der Waals surface area contributed by atoms with Crippen LogP contribution in [0.4, 0.5) is 13.2 Å². The van der Waals surface area contributed by atoms with E-state index in [2.05, 4.69) is 11.4 Å². The van der Waals surface area contributed by atoms with Crippen molar-refractivity contribution in [2.45, 2.75) is 57.5 Å². The van der Waals surface area contributed by atoms with Crippen LogP contribution in [0.25, 0.3) is 0 Å². The highest BCUT2D eigenvalue weighted by molar-refractivity contribution is 5.85. The first kappa shape index (κ1) is 19.0. The predicted molar refractivity (Wildman–Crippen MR) is 84.0 cm³/mol. The van der Waals surface area contributed by atoms with E-state index < -0.39 is 18.1 Å². The molecule has 1 aliphatic carbocycles. The van der Waals surface area contributed by atoms with Gasteiger partial charge in [0.25, 0.3) is 0 Å². The van der Waals surface area contributed by atoms with Crippen molar-refractivity contribution in [1.82, 2.24) is 10.2 Å². The van der Waals surface area contributed by atoms with Crippen molar-refractivity contribution in [3.05, 3.63) is 0 Å². The fourth-order valence-electron chi connectivity index (χ4n) is 3.79. The third-order valence-electron chi connectivity index (χ3n) is 5.30. The van der Waals surface area contributed by atoms with E-state index in [1.54, 1.807) is 0 Å². The minimum atomic E-state index is -4.13. The third-order valence-corrected chi connectivity index (χ3v) is 5.30. The lowest BCUT2D eigenvalue weighted by Gasteiger charge is -2.33. The maximum atomic E-state index is 12.4. The molecule has 0 aromatic heterocycles. The van der Waals surface area contributed by atoms with E-state index in [1.165, 1.54) is 4.90 Å². The Hall–Kier alpha value is -1.29. The van der Waals surface area contributed by atoms with Crippen LogP contribution >= 0.6 is 0 Å². The van der Waals surface area contributed by atoms with E-state index in [4.69, 9.17) is 0 Å². The molecule has 0 aromatic rings. The number of halogens is 3. The molecule has 2 rings (SSSR count). The van der Waals surface area contributed by atoms with E-state index in [0.717, 1.165) is 38.5 Å². The molecule has 136 valence electrons. The molecule has 1 aliphatic heterocycles. The van der Waals surface area contributed by atoms with Crippen LogP contribution in [0.3, 0.4) is 0 Å². The van der Waals surface area contributed by atoms with Crippen molar-refractivity contribution in [1.29, 1.82) is 5.26 Å². The van der Waals surface area contributed by atoms with Gasteiger partial charge < -0.3 is 5.32 Å². The topological polar surface area (TPSA) is 56.1 Å². The van der Waals surface area contributed by atoms with E-state index >= 15 is 0 Å². The number of nitriles is 1. The standard InChI is InChI=1S/C17H26F3N3O/c18-17(19,20)13-23-10-5-14(6-11-23)4-9-22-15(24)16(12-21)7-2-1-3-8-16/h14H,1-11,13H2,(H,22,24). The maximum absolute atomic E-state index is 12.4. The van der Waals surface area contributed by atoms with Gasteiger partial charge in [0, 0.05) is 6.54 Å². The minimum absolute atomic E-state index is 0.167. The van der Waals surface area contributed by atoms with Crippen LogP contribution in [0.15, 0.2) is 0 Å². The van der Waals surface area contributed by atoms with E-state index in [-0.39, 0.29) is 5.91 Å². The Kier molecular flexibility index (Phi) is 6.50. The van der Waals surface area contributed by atoms with E-state index in [0.29, 0.717) is 38.4 Å². The molecule has 7 heteroatoms. The highest BCUT2D eigenvalue weighted by Gasteiger charge is 2.39. The number of alkyl halides is 3. The Morgan fingerprint density at radius 2 is 1.83 bits per heavy atom. The Bertz CT molecular complexity index is 459. The molecule has 2 aliphatic rings. The quantitative estimate of drug-likeness (QED) is 0.832. The number of likely N-dealkylation sites (tertiary alicyclic amines) is 1. The van der Waals surface area contributed by atoms with Gasteiger partial charge in [-0.3, -0.25) is 9.69 Å². The molecule has 0 aromatic carbocycles. The second-order valence-electron chi connectivity index (χ2n) is 7.13. The van der Waals surface area contributed by atoms with Crippen molar-refractivity contribution < 1.29 is 18.0 Å². The molecule has 0 unspecified atom stereocenters. The van der Waals surface area contributed by atoms with Gasteiger partial charge in [-0.1, -0.05) is 19.3 Å². The zero-order valence-corrected chi connectivity index (χ0v) is 14.0. The molecule has 1 saturated carbocycles. The van der Waals surface area contributed by atoms with Crippen molar-refractivity contribution in [2.75, 3.05) is 26.2 Å². The van der Waals surface area contributed by atoms with Gasteiger partial charge in [0.2, 0.25) is 5.91 Å². The highest BCUT2D eigenvalue weighted by atomic mass is 19.4. The number of amides is 1. The number of hydrogen-bond donors (Lipinski definition) is 1. The largest absolute Gasteiger partial charge is 0.401 e. The summed E-state index contributed by atoms with van der Waals surface area (Å²) in [6, 6.07) is 2.21. The summed E-state index contributed by atoms with van der Waals surface area (Å²) in [5, 5.41) is 12.3. The molecule has 24 heavy (non-hydrogen) atoms. The first-order valence-electron chi connectivity index (χ1n) is 8.83. The van der Waals surface area contributed by atoms with Gasteiger partial charge in [-0.05, 0) is 51.1 Å².